The number of oxazole rings is 1. The number of carbonyl (C=O) groups is 1. The lowest BCUT2D eigenvalue weighted by Crippen LogP contribution is -2.35. The Labute approximate surface area is 180 Å². The first kappa shape index (κ1) is 23.3. The lowest BCUT2D eigenvalue weighted by atomic mass is 10.2. The molecule has 2 aromatic carbocycles. The van der Waals surface area contributed by atoms with Crippen molar-refractivity contribution in [3.63, 3.8) is 0 Å². The van der Waals surface area contributed by atoms with Crippen molar-refractivity contribution in [2.24, 2.45) is 0 Å². The molecule has 1 atom stereocenters. The van der Waals surface area contributed by atoms with Gasteiger partial charge in [-0.3, -0.25) is 4.79 Å². The molecule has 0 aliphatic rings. The van der Waals surface area contributed by atoms with E-state index >= 15 is 0 Å². The lowest BCUT2D eigenvalue weighted by molar-refractivity contribution is -0.137. The van der Waals surface area contributed by atoms with E-state index in [4.69, 9.17) is 9.15 Å². The van der Waals surface area contributed by atoms with Crippen molar-refractivity contribution in [2.75, 3.05) is 13.2 Å². The predicted octanol–water partition coefficient (Wildman–Crippen LogP) is 3.99. The van der Waals surface area contributed by atoms with Crippen molar-refractivity contribution in [1.29, 1.82) is 0 Å². The number of alkyl halides is 3. The number of aliphatic hydroxyl groups is 1. The van der Waals surface area contributed by atoms with Crippen molar-refractivity contribution >= 4 is 5.91 Å². The van der Waals surface area contributed by atoms with Crippen LogP contribution >= 0.6 is 0 Å². The van der Waals surface area contributed by atoms with Gasteiger partial charge in [0, 0.05) is 19.4 Å². The third-order valence-corrected chi connectivity index (χ3v) is 4.40. The number of amides is 1. The third kappa shape index (κ3) is 6.55. The van der Waals surface area contributed by atoms with Crippen LogP contribution in [0.15, 0.2) is 59.1 Å². The van der Waals surface area contributed by atoms with Crippen LogP contribution in [0.3, 0.4) is 0 Å². The molecule has 0 bridgehead atoms. The zero-order chi connectivity index (χ0) is 23.1. The number of hydrogen-bond donors (Lipinski definition) is 2. The number of nitrogens with one attached hydrogen (secondary N) is 1. The number of aryl methyl sites for hydroxylation is 1. The van der Waals surface area contributed by atoms with Crippen LogP contribution in [0.2, 0.25) is 0 Å². The van der Waals surface area contributed by atoms with E-state index in [1.54, 1.807) is 18.2 Å². The van der Waals surface area contributed by atoms with Crippen LogP contribution < -0.4 is 10.1 Å². The van der Waals surface area contributed by atoms with Crippen LogP contribution in [-0.2, 0) is 17.4 Å². The molecule has 1 heterocycles. The molecule has 3 aromatic rings. The number of halogens is 4. The summed E-state index contributed by atoms with van der Waals surface area (Å²) < 4.78 is 62.5. The highest BCUT2D eigenvalue weighted by molar-refractivity contribution is 5.76. The average molecular weight is 452 g/mol. The fraction of sp³-hybridized carbons (Fsp3) is 0.273. The van der Waals surface area contributed by atoms with Gasteiger partial charge in [-0.25, -0.2) is 9.37 Å². The number of aromatic nitrogens is 1. The van der Waals surface area contributed by atoms with E-state index in [9.17, 15) is 27.5 Å². The van der Waals surface area contributed by atoms with Crippen LogP contribution in [-0.4, -0.2) is 35.3 Å². The van der Waals surface area contributed by atoms with E-state index in [0.29, 0.717) is 0 Å². The van der Waals surface area contributed by atoms with Gasteiger partial charge in [-0.1, -0.05) is 18.2 Å². The average Bonchev–Trinajstić information content (AvgIpc) is 3.23. The van der Waals surface area contributed by atoms with Gasteiger partial charge in [0.1, 0.15) is 24.3 Å². The molecule has 0 aliphatic carbocycles. The molecule has 0 radical (unpaired) electrons. The molecule has 3 rings (SSSR count). The second kappa shape index (κ2) is 10.3. The highest BCUT2D eigenvalue weighted by Gasteiger charge is 2.30. The van der Waals surface area contributed by atoms with E-state index in [1.165, 1.54) is 24.4 Å². The highest BCUT2D eigenvalue weighted by atomic mass is 19.4. The number of hydrogen-bond acceptors (Lipinski definition) is 5. The van der Waals surface area contributed by atoms with Gasteiger partial charge in [0.05, 0.1) is 17.3 Å². The normalized spacial score (nSPS) is 12.4. The van der Waals surface area contributed by atoms with E-state index in [1.807, 2.05) is 0 Å². The fourth-order valence-electron chi connectivity index (χ4n) is 2.77. The Morgan fingerprint density at radius 1 is 1.19 bits per heavy atom. The SMILES string of the molecule is O=C(CCc1ncc(-c2ccccc2F)o1)NCC(O)COc1cccc(C(F)(F)F)c1. The summed E-state index contributed by atoms with van der Waals surface area (Å²) in [7, 11) is 0. The van der Waals surface area contributed by atoms with E-state index in [2.05, 4.69) is 10.3 Å². The summed E-state index contributed by atoms with van der Waals surface area (Å²) in [4.78, 5) is 16.0. The number of nitrogens with zero attached hydrogens (tertiary/aromatic N) is 1. The van der Waals surface area contributed by atoms with Crippen molar-refractivity contribution in [3.8, 4) is 17.1 Å². The van der Waals surface area contributed by atoms with Crippen molar-refractivity contribution in [2.45, 2.75) is 25.1 Å². The minimum absolute atomic E-state index is 0.0123. The number of ether oxygens (including phenoxy) is 1. The quantitative estimate of drug-likeness (QED) is 0.480. The Bertz CT molecular complexity index is 1050. The molecule has 170 valence electrons. The van der Waals surface area contributed by atoms with Crippen molar-refractivity contribution in [3.05, 3.63) is 72.0 Å². The van der Waals surface area contributed by atoms with Gasteiger partial charge in [-0.2, -0.15) is 13.2 Å². The van der Waals surface area contributed by atoms with Gasteiger partial charge in [-0.05, 0) is 30.3 Å². The van der Waals surface area contributed by atoms with E-state index in [0.717, 1.165) is 12.1 Å². The second-order valence-corrected chi connectivity index (χ2v) is 6.89. The molecule has 32 heavy (non-hydrogen) atoms. The zero-order valence-corrected chi connectivity index (χ0v) is 16.7. The summed E-state index contributed by atoms with van der Waals surface area (Å²) in [6.45, 7) is -0.447. The van der Waals surface area contributed by atoms with Gasteiger partial charge >= 0.3 is 6.18 Å². The van der Waals surface area contributed by atoms with Crippen LogP contribution in [0.5, 0.6) is 5.75 Å². The Kier molecular flexibility index (Phi) is 7.47. The maximum Gasteiger partial charge on any atom is 0.416 e. The Morgan fingerprint density at radius 2 is 1.97 bits per heavy atom. The fourth-order valence-corrected chi connectivity index (χ4v) is 2.77. The molecule has 2 N–H and O–H groups in total. The Hall–Kier alpha value is -3.40. The van der Waals surface area contributed by atoms with Crippen molar-refractivity contribution < 1.29 is 36.6 Å². The first-order valence-corrected chi connectivity index (χ1v) is 9.67. The molecule has 0 saturated heterocycles. The minimum Gasteiger partial charge on any atom is -0.491 e. The minimum atomic E-state index is -4.50. The largest absolute Gasteiger partial charge is 0.491 e. The molecule has 0 saturated carbocycles. The molecule has 0 fully saturated rings. The van der Waals surface area contributed by atoms with Crippen molar-refractivity contribution in [1.82, 2.24) is 10.3 Å². The zero-order valence-electron chi connectivity index (χ0n) is 16.7. The molecule has 1 unspecified atom stereocenters. The van der Waals surface area contributed by atoms with E-state index in [-0.39, 0.29) is 49.0 Å². The number of benzene rings is 2. The second-order valence-electron chi connectivity index (χ2n) is 6.89. The molecule has 0 aliphatic heterocycles. The topological polar surface area (TPSA) is 84.6 Å². The highest BCUT2D eigenvalue weighted by Crippen LogP contribution is 2.31. The van der Waals surface area contributed by atoms with Crippen LogP contribution in [0.4, 0.5) is 17.6 Å². The van der Waals surface area contributed by atoms with Gasteiger partial charge < -0.3 is 19.6 Å². The molecule has 0 spiro atoms. The molecular weight excluding hydrogens is 432 g/mol. The summed E-state index contributed by atoms with van der Waals surface area (Å²) in [6.07, 6.45) is -4.07. The smallest absolute Gasteiger partial charge is 0.416 e. The molecular formula is C22H20F4N2O4. The van der Waals surface area contributed by atoms with Gasteiger partial charge in [0.15, 0.2) is 11.7 Å². The number of carbonyl (C=O) groups excluding carboxylic acids is 1. The summed E-state index contributed by atoms with van der Waals surface area (Å²) in [5.41, 5.74) is -0.595. The molecule has 1 amide bonds. The number of aliphatic hydroxyl groups excluding tert-OH is 1. The summed E-state index contributed by atoms with van der Waals surface area (Å²) in [6, 6.07) is 10.4. The first-order chi connectivity index (χ1) is 15.2. The molecule has 10 heteroatoms. The summed E-state index contributed by atoms with van der Waals surface area (Å²) >= 11 is 0. The third-order valence-electron chi connectivity index (χ3n) is 4.40. The molecule has 6 nitrogen and oxygen atoms in total. The van der Waals surface area contributed by atoms with Gasteiger partial charge in [-0.15, -0.1) is 0 Å². The van der Waals surface area contributed by atoms with E-state index < -0.39 is 29.6 Å². The monoisotopic (exact) mass is 452 g/mol. The summed E-state index contributed by atoms with van der Waals surface area (Å²) in [5.74, 6) is -0.379. The maximum atomic E-state index is 13.8. The van der Waals surface area contributed by atoms with Gasteiger partial charge in [0.2, 0.25) is 5.91 Å². The maximum absolute atomic E-state index is 13.8. The molecule has 1 aromatic heterocycles. The predicted molar refractivity (Wildman–Crippen MR) is 106 cm³/mol. The van der Waals surface area contributed by atoms with Crippen LogP contribution in [0.25, 0.3) is 11.3 Å². The Balaban J connectivity index is 1.40. The Morgan fingerprint density at radius 3 is 2.72 bits per heavy atom. The van der Waals surface area contributed by atoms with Crippen LogP contribution in [0.1, 0.15) is 17.9 Å². The first-order valence-electron chi connectivity index (χ1n) is 9.67. The lowest BCUT2D eigenvalue weighted by Gasteiger charge is -2.14. The van der Waals surface area contributed by atoms with Gasteiger partial charge in [0.25, 0.3) is 0 Å². The number of rotatable bonds is 9. The standard InChI is InChI=1S/C22H20F4N2O4/c23-18-7-2-1-6-17(18)19-12-28-21(32-19)9-8-20(30)27-11-15(29)13-31-16-5-3-4-14(10-16)22(24,25)26/h1-7,10,12,15,29H,8-9,11,13H2,(H,27,30). The summed E-state index contributed by atoms with van der Waals surface area (Å²) in [5, 5.41) is 12.4. The van der Waals surface area contributed by atoms with Crippen LogP contribution in [0, 0.1) is 5.82 Å².